The molecule has 0 spiro atoms. The molecule has 106 valence electrons. The largest absolute Gasteiger partial charge is 0.398 e. The Kier molecular flexibility index (Phi) is 5.63. The lowest BCUT2D eigenvalue weighted by molar-refractivity contribution is 0.0938. The van der Waals surface area contributed by atoms with Gasteiger partial charge in [-0.2, -0.15) is 0 Å². The van der Waals surface area contributed by atoms with E-state index in [2.05, 4.69) is 31.8 Å². The standard InChI is InChI=1S/C14H22BrN3O/c1-19-10-9-17-5-7-18(8-6-17)11-12-13(15)3-2-4-14(12)16/h2-4H,5-11,16H2,1H3. The highest BCUT2D eigenvalue weighted by Crippen LogP contribution is 2.24. The van der Waals surface area contributed by atoms with E-state index in [0.717, 1.165) is 56.0 Å². The van der Waals surface area contributed by atoms with Gasteiger partial charge < -0.3 is 10.5 Å². The zero-order valence-electron chi connectivity index (χ0n) is 11.4. The summed E-state index contributed by atoms with van der Waals surface area (Å²) in [7, 11) is 1.76. The molecular weight excluding hydrogens is 306 g/mol. The quantitative estimate of drug-likeness (QED) is 0.837. The Balaban J connectivity index is 1.85. The maximum Gasteiger partial charge on any atom is 0.0589 e. The molecule has 0 amide bonds. The van der Waals surface area contributed by atoms with Crippen molar-refractivity contribution in [3.8, 4) is 0 Å². The average Bonchev–Trinajstić information content (AvgIpc) is 2.42. The molecule has 1 saturated heterocycles. The van der Waals surface area contributed by atoms with Crippen molar-refractivity contribution in [2.24, 2.45) is 0 Å². The third kappa shape index (κ3) is 4.18. The number of nitrogens with zero attached hydrogens (tertiary/aromatic N) is 2. The minimum atomic E-state index is 0.817. The molecule has 1 aliphatic rings. The molecule has 1 fully saturated rings. The maximum absolute atomic E-state index is 6.05. The maximum atomic E-state index is 6.05. The van der Waals surface area contributed by atoms with E-state index in [1.807, 2.05) is 12.1 Å². The van der Waals surface area contributed by atoms with Gasteiger partial charge in [0.15, 0.2) is 0 Å². The number of rotatable bonds is 5. The van der Waals surface area contributed by atoms with Crippen LogP contribution in [0.3, 0.4) is 0 Å². The molecule has 2 rings (SSSR count). The molecule has 2 N–H and O–H groups in total. The first-order valence-electron chi connectivity index (χ1n) is 6.67. The van der Waals surface area contributed by atoms with Gasteiger partial charge in [-0.05, 0) is 12.1 Å². The summed E-state index contributed by atoms with van der Waals surface area (Å²) in [4.78, 5) is 4.91. The van der Waals surface area contributed by atoms with Gasteiger partial charge in [0.05, 0.1) is 6.61 Å². The van der Waals surface area contributed by atoms with Gasteiger partial charge in [0.2, 0.25) is 0 Å². The molecule has 5 heteroatoms. The van der Waals surface area contributed by atoms with Crippen molar-refractivity contribution in [2.45, 2.75) is 6.54 Å². The molecule has 0 saturated carbocycles. The van der Waals surface area contributed by atoms with Crippen LogP contribution in [0.1, 0.15) is 5.56 Å². The van der Waals surface area contributed by atoms with Gasteiger partial charge >= 0.3 is 0 Å². The Morgan fingerprint density at radius 1 is 1.21 bits per heavy atom. The van der Waals surface area contributed by atoms with E-state index in [0.29, 0.717) is 0 Å². The molecule has 0 atom stereocenters. The van der Waals surface area contributed by atoms with Gasteiger partial charge in [-0.3, -0.25) is 9.80 Å². The fourth-order valence-electron chi connectivity index (χ4n) is 2.36. The van der Waals surface area contributed by atoms with E-state index in [1.54, 1.807) is 7.11 Å². The molecule has 0 unspecified atom stereocenters. The van der Waals surface area contributed by atoms with Gasteiger partial charge in [0.25, 0.3) is 0 Å². The van der Waals surface area contributed by atoms with Crippen molar-refractivity contribution in [3.05, 3.63) is 28.2 Å². The number of benzene rings is 1. The number of hydrogen-bond donors (Lipinski definition) is 1. The Bertz CT molecular complexity index is 385. The number of piperazine rings is 1. The van der Waals surface area contributed by atoms with Gasteiger partial charge in [-0.15, -0.1) is 0 Å². The van der Waals surface area contributed by atoms with Crippen LogP contribution in [0.25, 0.3) is 0 Å². The summed E-state index contributed by atoms with van der Waals surface area (Å²) in [5.74, 6) is 0. The topological polar surface area (TPSA) is 41.7 Å². The van der Waals surface area contributed by atoms with Crippen molar-refractivity contribution in [1.82, 2.24) is 9.80 Å². The molecule has 19 heavy (non-hydrogen) atoms. The lowest BCUT2D eigenvalue weighted by atomic mass is 10.1. The second-order valence-electron chi connectivity index (χ2n) is 4.92. The van der Waals surface area contributed by atoms with Gasteiger partial charge in [-0.1, -0.05) is 22.0 Å². The minimum Gasteiger partial charge on any atom is -0.398 e. The van der Waals surface area contributed by atoms with Crippen molar-refractivity contribution >= 4 is 21.6 Å². The highest BCUT2D eigenvalue weighted by molar-refractivity contribution is 9.10. The van der Waals surface area contributed by atoms with E-state index in [1.165, 1.54) is 5.56 Å². The number of methoxy groups -OCH3 is 1. The third-order valence-electron chi connectivity index (χ3n) is 3.61. The highest BCUT2D eigenvalue weighted by Gasteiger charge is 2.18. The van der Waals surface area contributed by atoms with Crippen molar-refractivity contribution in [1.29, 1.82) is 0 Å². The summed E-state index contributed by atoms with van der Waals surface area (Å²) < 4.78 is 6.23. The van der Waals surface area contributed by atoms with Crippen LogP contribution in [-0.4, -0.2) is 56.2 Å². The molecule has 0 radical (unpaired) electrons. The molecule has 0 bridgehead atoms. The predicted octanol–water partition coefficient (Wildman–Crippen LogP) is 1.80. The first-order valence-corrected chi connectivity index (χ1v) is 7.46. The van der Waals surface area contributed by atoms with Crippen LogP contribution in [0.5, 0.6) is 0 Å². The summed E-state index contributed by atoms with van der Waals surface area (Å²) in [5, 5.41) is 0. The van der Waals surface area contributed by atoms with Gasteiger partial charge in [-0.25, -0.2) is 0 Å². The van der Waals surface area contributed by atoms with E-state index >= 15 is 0 Å². The zero-order chi connectivity index (χ0) is 13.7. The summed E-state index contributed by atoms with van der Waals surface area (Å²) in [6.07, 6.45) is 0. The van der Waals surface area contributed by atoms with Crippen molar-refractivity contribution in [2.75, 3.05) is 52.2 Å². The highest BCUT2D eigenvalue weighted by atomic mass is 79.9. The van der Waals surface area contributed by atoms with Crippen LogP contribution in [0.2, 0.25) is 0 Å². The predicted molar refractivity (Wildman–Crippen MR) is 82.1 cm³/mol. The first kappa shape index (κ1) is 14.8. The van der Waals surface area contributed by atoms with Crippen LogP contribution >= 0.6 is 15.9 Å². The molecule has 0 aliphatic carbocycles. The Labute approximate surface area is 123 Å². The van der Waals surface area contributed by atoms with Crippen molar-refractivity contribution < 1.29 is 4.74 Å². The summed E-state index contributed by atoms with van der Waals surface area (Å²) in [6.45, 7) is 7.15. The number of nitrogen functional groups attached to an aromatic ring is 1. The fourth-order valence-corrected chi connectivity index (χ4v) is 2.86. The Morgan fingerprint density at radius 2 is 1.89 bits per heavy atom. The van der Waals surface area contributed by atoms with Crippen LogP contribution in [-0.2, 0) is 11.3 Å². The van der Waals surface area contributed by atoms with E-state index in [-0.39, 0.29) is 0 Å². The summed E-state index contributed by atoms with van der Waals surface area (Å²) in [5.41, 5.74) is 8.12. The van der Waals surface area contributed by atoms with Crippen LogP contribution in [0.15, 0.2) is 22.7 Å². The molecule has 1 aromatic rings. The minimum absolute atomic E-state index is 0.817. The number of nitrogens with two attached hydrogens (primary N) is 1. The third-order valence-corrected chi connectivity index (χ3v) is 4.36. The van der Waals surface area contributed by atoms with E-state index in [9.17, 15) is 0 Å². The number of halogens is 1. The normalized spacial score (nSPS) is 17.8. The number of hydrogen-bond acceptors (Lipinski definition) is 4. The Morgan fingerprint density at radius 3 is 2.53 bits per heavy atom. The zero-order valence-corrected chi connectivity index (χ0v) is 13.0. The second-order valence-corrected chi connectivity index (χ2v) is 5.77. The molecule has 0 aromatic heterocycles. The van der Waals surface area contributed by atoms with Crippen molar-refractivity contribution in [3.63, 3.8) is 0 Å². The summed E-state index contributed by atoms with van der Waals surface area (Å²) in [6, 6.07) is 6.00. The monoisotopic (exact) mass is 327 g/mol. The van der Waals surface area contributed by atoms with Gasteiger partial charge in [0.1, 0.15) is 0 Å². The number of anilines is 1. The molecule has 1 aromatic carbocycles. The van der Waals surface area contributed by atoms with Crippen LogP contribution < -0.4 is 5.73 Å². The van der Waals surface area contributed by atoms with Gasteiger partial charge in [0, 0.05) is 62.1 Å². The smallest absolute Gasteiger partial charge is 0.0589 e. The first-order chi connectivity index (χ1) is 9.20. The summed E-state index contributed by atoms with van der Waals surface area (Å²) >= 11 is 3.59. The lowest BCUT2D eigenvalue weighted by Crippen LogP contribution is -2.46. The molecule has 1 aliphatic heterocycles. The lowest BCUT2D eigenvalue weighted by Gasteiger charge is -2.34. The Hall–Kier alpha value is -0.620. The average molecular weight is 328 g/mol. The number of ether oxygens (including phenoxy) is 1. The second kappa shape index (κ2) is 7.24. The van der Waals surface area contributed by atoms with E-state index in [4.69, 9.17) is 10.5 Å². The molecule has 4 nitrogen and oxygen atoms in total. The molecular formula is C14H22BrN3O. The van der Waals surface area contributed by atoms with Crippen LogP contribution in [0, 0.1) is 0 Å². The fraction of sp³-hybridized carbons (Fsp3) is 0.571. The SMILES string of the molecule is COCCN1CCN(Cc2c(N)cccc2Br)CC1. The molecule has 1 heterocycles. The van der Waals surface area contributed by atoms with E-state index < -0.39 is 0 Å². The van der Waals surface area contributed by atoms with Crippen LogP contribution in [0.4, 0.5) is 5.69 Å².